The van der Waals surface area contributed by atoms with Gasteiger partial charge in [0.05, 0.1) is 10.5 Å². The van der Waals surface area contributed by atoms with E-state index in [1.807, 2.05) is 0 Å². The summed E-state index contributed by atoms with van der Waals surface area (Å²) in [6.07, 6.45) is 0. The normalized spacial score (nSPS) is 13.5. The van der Waals surface area contributed by atoms with Gasteiger partial charge in [-0.1, -0.05) is 12.1 Å². The van der Waals surface area contributed by atoms with E-state index in [-0.39, 0.29) is 10.5 Å². The first-order valence-corrected chi connectivity index (χ1v) is 6.06. The maximum atomic E-state index is 11.7. The highest BCUT2D eigenvalue weighted by atomic mass is 35.5. The third-order valence-electron chi connectivity index (χ3n) is 1.85. The second kappa shape index (κ2) is 4.20. The Bertz CT molecular complexity index is 479. The van der Waals surface area contributed by atoms with E-state index in [4.69, 9.17) is 16.7 Å². The molecule has 0 aliphatic heterocycles. The van der Waals surface area contributed by atoms with Crippen LogP contribution in [0.3, 0.4) is 0 Å². The summed E-state index contributed by atoms with van der Waals surface area (Å²) in [5, 5.41) is 8.80. The van der Waals surface area contributed by atoms with Crippen molar-refractivity contribution in [3.63, 3.8) is 0 Å². The fourth-order valence-electron chi connectivity index (χ4n) is 1.07. The predicted molar refractivity (Wildman–Crippen MR) is 55.9 cm³/mol. The van der Waals surface area contributed by atoms with Crippen LogP contribution in [0.1, 0.15) is 17.3 Å². The summed E-state index contributed by atoms with van der Waals surface area (Å²) in [7, 11) is -3.77. The van der Waals surface area contributed by atoms with E-state index < -0.39 is 20.5 Å². The molecule has 1 aromatic rings. The van der Waals surface area contributed by atoms with Crippen LogP contribution in [0, 0.1) is 0 Å². The molecular formula is C9H9ClO4S. The highest BCUT2D eigenvalue weighted by Crippen LogP contribution is 2.22. The van der Waals surface area contributed by atoms with Crippen LogP contribution in [-0.2, 0) is 9.84 Å². The lowest BCUT2D eigenvalue weighted by atomic mass is 10.2. The molecule has 0 aromatic heterocycles. The summed E-state index contributed by atoms with van der Waals surface area (Å²) in [6.45, 7) is 1.29. The van der Waals surface area contributed by atoms with Gasteiger partial charge < -0.3 is 5.11 Å². The number of hydrogen-bond acceptors (Lipinski definition) is 3. The summed E-state index contributed by atoms with van der Waals surface area (Å²) in [5.74, 6) is -1.29. The molecule has 0 heterocycles. The van der Waals surface area contributed by atoms with E-state index in [1.165, 1.54) is 31.2 Å². The molecule has 0 fully saturated rings. The SMILES string of the molecule is CC(Cl)S(=O)(=O)c1ccccc1C(=O)O. The molecule has 0 spiro atoms. The quantitative estimate of drug-likeness (QED) is 0.827. The molecule has 0 aliphatic rings. The highest BCUT2D eigenvalue weighted by molar-refractivity contribution is 7.93. The Morgan fingerprint density at radius 3 is 2.40 bits per heavy atom. The van der Waals surface area contributed by atoms with E-state index in [1.54, 1.807) is 0 Å². The number of benzene rings is 1. The molecule has 1 aromatic carbocycles. The van der Waals surface area contributed by atoms with E-state index in [9.17, 15) is 13.2 Å². The largest absolute Gasteiger partial charge is 0.478 e. The average Bonchev–Trinajstić information content (AvgIpc) is 2.17. The van der Waals surface area contributed by atoms with Crippen molar-refractivity contribution in [2.24, 2.45) is 0 Å². The molecule has 0 radical (unpaired) electrons. The van der Waals surface area contributed by atoms with Crippen molar-refractivity contribution in [1.29, 1.82) is 0 Å². The Balaban J connectivity index is 3.45. The molecular weight excluding hydrogens is 240 g/mol. The molecule has 1 unspecified atom stereocenters. The number of carboxylic acids is 1. The lowest BCUT2D eigenvalue weighted by Crippen LogP contribution is -2.15. The third-order valence-corrected chi connectivity index (χ3v) is 4.38. The molecule has 1 rings (SSSR count). The number of sulfone groups is 1. The van der Waals surface area contributed by atoms with Crippen molar-refractivity contribution in [2.75, 3.05) is 0 Å². The molecule has 1 atom stereocenters. The zero-order chi connectivity index (χ0) is 11.6. The minimum atomic E-state index is -3.77. The van der Waals surface area contributed by atoms with Gasteiger partial charge in [-0.05, 0) is 19.1 Å². The first-order chi connectivity index (χ1) is 6.87. The Morgan fingerprint density at radius 2 is 1.93 bits per heavy atom. The summed E-state index contributed by atoms with van der Waals surface area (Å²) < 4.78 is 22.2. The van der Waals surface area contributed by atoms with Crippen LogP contribution in [0.15, 0.2) is 29.2 Å². The Kier molecular flexibility index (Phi) is 3.36. The average molecular weight is 249 g/mol. The second-order valence-corrected chi connectivity index (χ2v) is 6.04. The van der Waals surface area contributed by atoms with E-state index in [2.05, 4.69) is 0 Å². The standard InChI is InChI=1S/C9H9ClO4S/c1-6(10)15(13,14)8-5-3-2-4-7(8)9(11)12/h2-6H,1H3,(H,11,12). The second-order valence-electron chi connectivity index (χ2n) is 2.89. The summed E-state index contributed by atoms with van der Waals surface area (Å²) in [5.41, 5.74) is -0.259. The number of rotatable bonds is 3. The zero-order valence-corrected chi connectivity index (χ0v) is 9.42. The Labute approximate surface area is 92.4 Å². The van der Waals surface area contributed by atoms with Crippen molar-refractivity contribution < 1.29 is 18.3 Å². The summed E-state index contributed by atoms with van der Waals surface area (Å²) >= 11 is 5.50. The smallest absolute Gasteiger partial charge is 0.337 e. The number of hydrogen-bond donors (Lipinski definition) is 1. The highest BCUT2D eigenvalue weighted by Gasteiger charge is 2.26. The monoisotopic (exact) mass is 248 g/mol. The van der Waals surface area contributed by atoms with Crippen LogP contribution >= 0.6 is 11.6 Å². The number of carboxylic acid groups (broad SMARTS) is 1. The topological polar surface area (TPSA) is 71.4 Å². The van der Waals surface area contributed by atoms with E-state index in [0.717, 1.165) is 0 Å². The molecule has 0 amide bonds. The van der Waals surface area contributed by atoms with Gasteiger partial charge >= 0.3 is 5.97 Å². The molecule has 0 aliphatic carbocycles. The van der Waals surface area contributed by atoms with Crippen LogP contribution in [0.2, 0.25) is 0 Å². The molecule has 15 heavy (non-hydrogen) atoms. The molecule has 4 nitrogen and oxygen atoms in total. The summed E-state index contributed by atoms with van der Waals surface area (Å²) in [4.78, 5) is 10.5. The number of carbonyl (C=O) groups is 1. The molecule has 0 saturated heterocycles. The van der Waals surface area contributed by atoms with Gasteiger partial charge in [0.25, 0.3) is 0 Å². The molecule has 1 N–H and O–H groups in total. The molecule has 0 bridgehead atoms. The van der Waals surface area contributed by atoms with Crippen molar-refractivity contribution in [3.05, 3.63) is 29.8 Å². The predicted octanol–water partition coefficient (Wildman–Crippen LogP) is 1.74. The van der Waals surface area contributed by atoms with Crippen molar-refractivity contribution in [1.82, 2.24) is 0 Å². The summed E-state index contributed by atoms with van der Waals surface area (Å²) in [6, 6.07) is 5.38. The van der Waals surface area contributed by atoms with Gasteiger partial charge in [0.15, 0.2) is 9.84 Å². The first kappa shape index (κ1) is 12.0. The number of alkyl halides is 1. The molecule has 0 saturated carbocycles. The maximum absolute atomic E-state index is 11.7. The Hall–Kier alpha value is -1.07. The fourth-order valence-corrected chi connectivity index (χ4v) is 2.43. The van der Waals surface area contributed by atoms with Gasteiger partial charge in [-0.25, -0.2) is 13.2 Å². The van der Waals surface area contributed by atoms with Gasteiger partial charge in [0.1, 0.15) is 4.71 Å². The maximum Gasteiger partial charge on any atom is 0.337 e. The van der Waals surface area contributed by atoms with Crippen LogP contribution in [0.4, 0.5) is 0 Å². The van der Waals surface area contributed by atoms with E-state index in [0.29, 0.717) is 0 Å². The lowest BCUT2D eigenvalue weighted by Gasteiger charge is -2.08. The number of halogens is 1. The van der Waals surface area contributed by atoms with Crippen molar-refractivity contribution in [3.8, 4) is 0 Å². The Morgan fingerprint density at radius 1 is 1.40 bits per heavy atom. The van der Waals surface area contributed by atoms with Crippen LogP contribution in [0.25, 0.3) is 0 Å². The third kappa shape index (κ3) is 2.30. The minimum Gasteiger partial charge on any atom is -0.478 e. The molecule has 82 valence electrons. The van der Waals surface area contributed by atoms with Gasteiger partial charge in [0, 0.05) is 0 Å². The van der Waals surface area contributed by atoms with Crippen LogP contribution < -0.4 is 0 Å². The van der Waals surface area contributed by atoms with Crippen LogP contribution in [-0.4, -0.2) is 24.2 Å². The molecule has 6 heteroatoms. The lowest BCUT2D eigenvalue weighted by molar-refractivity contribution is 0.0692. The fraction of sp³-hybridized carbons (Fsp3) is 0.222. The van der Waals surface area contributed by atoms with Gasteiger partial charge in [-0.3, -0.25) is 0 Å². The van der Waals surface area contributed by atoms with Crippen LogP contribution in [0.5, 0.6) is 0 Å². The van der Waals surface area contributed by atoms with Crippen molar-refractivity contribution in [2.45, 2.75) is 16.5 Å². The van der Waals surface area contributed by atoms with Gasteiger partial charge in [-0.2, -0.15) is 0 Å². The van der Waals surface area contributed by atoms with Crippen molar-refractivity contribution >= 4 is 27.4 Å². The van der Waals surface area contributed by atoms with Gasteiger partial charge in [0.2, 0.25) is 0 Å². The minimum absolute atomic E-state index is 0.250. The zero-order valence-electron chi connectivity index (χ0n) is 7.84. The first-order valence-electron chi connectivity index (χ1n) is 4.07. The van der Waals surface area contributed by atoms with E-state index >= 15 is 0 Å². The number of aromatic carboxylic acids is 1. The van der Waals surface area contributed by atoms with Gasteiger partial charge in [-0.15, -0.1) is 11.6 Å².